The molecule has 120 valence electrons. The molecule has 0 radical (unpaired) electrons. The van der Waals surface area contributed by atoms with E-state index in [0.29, 0.717) is 6.42 Å². The fourth-order valence-electron chi connectivity index (χ4n) is 3.52. The Hall–Kier alpha value is -1.89. The maximum absolute atomic E-state index is 12.5. The topological polar surface area (TPSA) is 82.1 Å². The van der Waals surface area contributed by atoms with Crippen LogP contribution in [0.3, 0.4) is 0 Å². The molecule has 0 N–H and O–H groups in total. The Labute approximate surface area is 128 Å². The van der Waals surface area contributed by atoms with Gasteiger partial charge in [-0.05, 0) is 33.3 Å². The number of amides is 2. The molecule has 3 rings (SSSR count). The second kappa shape index (κ2) is 4.32. The van der Waals surface area contributed by atoms with E-state index in [0.717, 1.165) is 4.90 Å². The molecule has 0 aromatic heterocycles. The van der Waals surface area contributed by atoms with Crippen molar-refractivity contribution in [2.24, 2.45) is 5.41 Å². The number of nitrogens with zero attached hydrogens (tertiary/aromatic N) is 1. The highest BCUT2D eigenvalue weighted by Gasteiger charge is 2.76. The second-order valence-electron chi connectivity index (χ2n) is 6.88. The SMILES string of the molecule is COC(=O)C12CC(=O)N(C(=O)OC(C)(C)C)C13C=CC(C2)O3. The molecule has 2 bridgehead atoms. The quantitative estimate of drug-likeness (QED) is 0.537. The van der Waals surface area contributed by atoms with E-state index in [-0.39, 0.29) is 12.5 Å². The van der Waals surface area contributed by atoms with Gasteiger partial charge in [0, 0.05) is 6.42 Å². The lowest BCUT2D eigenvalue weighted by Crippen LogP contribution is -2.56. The maximum Gasteiger partial charge on any atom is 0.419 e. The molecule has 3 unspecified atom stereocenters. The third kappa shape index (κ3) is 1.75. The van der Waals surface area contributed by atoms with Crippen molar-refractivity contribution in [2.45, 2.75) is 51.0 Å². The Kier molecular flexibility index (Phi) is 2.95. The Bertz CT molecular complexity index is 591. The van der Waals surface area contributed by atoms with Crippen LogP contribution in [0.5, 0.6) is 0 Å². The smallest absolute Gasteiger partial charge is 0.419 e. The lowest BCUT2D eigenvalue weighted by atomic mass is 9.73. The molecule has 2 amide bonds. The molecule has 0 saturated carbocycles. The fourth-order valence-corrected chi connectivity index (χ4v) is 3.52. The van der Waals surface area contributed by atoms with E-state index in [1.807, 2.05) is 0 Å². The van der Waals surface area contributed by atoms with Gasteiger partial charge in [0.1, 0.15) is 11.0 Å². The first kappa shape index (κ1) is 15.0. The molecule has 3 atom stereocenters. The van der Waals surface area contributed by atoms with Crippen molar-refractivity contribution in [1.82, 2.24) is 4.90 Å². The number of ether oxygens (including phenoxy) is 3. The van der Waals surface area contributed by atoms with Gasteiger partial charge >= 0.3 is 12.1 Å². The van der Waals surface area contributed by atoms with E-state index in [2.05, 4.69) is 0 Å². The van der Waals surface area contributed by atoms with E-state index in [9.17, 15) is 14.4 Å². The van der Waals surface area contributed by atoms with Crippen LogP contribution in [-0.4, -0.2) is 47.4 Å². The second-order valence-corrected chi connectivity index (χ2v) is 6.88. The number of carbonyl (C=O) groups excluding carboxylic acids is 3. The number of imide groups is 1. The average Bonchev–Trinajstić information content (AvgIpc) is 2.98. The summed E-state index contributed by atoms with van der Waals surface area (Å²) in [5.41, 5.74) is -3.37. The zero-order valence-electron chi connectivity index (χ0n) is 13.0. The van der Waals surface area contributed by atoms with E-state index in [1.165, 1.54) is 7.11 Å². The van der Waals surface area contributed by atoms with Crippen LogP contribution < -0.4 is 0 Å². The minimum atomic E-state index is -1.43. The average molecular weight is 309 g/mol. The van der Waals surface area contributed by atoms with Gasteiger partial charge in [0.05, 0.1) is 13.2 Å². The van der Waals surface area contributed by atoms with Crippen LogP contribution in [0.4, 0.5) is 4.79 Å². The largest absolute Gasteiger partial charge is 0.468 e. The number of methoxy groups -OCH3 is 1. The molecule has 7 nitrogen and oxygen atoms in total. The monoisotopic (exact) mass is 309 g/mol. The van der Waals surface area contributed by atoms with E-state index < -0.39 is 34.7 Å². The minimum absolute atomic E-state index is 0.125. The van der Waals surface area contributed by atoms with Gasteiger partial charge in [0.15, 0.2) is 5.72 Å². The molecule has 3 aliphatic rings. The summed E-state index contributed by atoms with van der Waals surface area (Å²) in [5, 5.41) is 0. The van der Waals surface area contributed by atoms with Crippen molar-refractivity contribution < 1.29 is 28.6 Å². The van der Waals surface area contributed by atoms with Crippen molar-refractivity contribution in [3.63, 3.8) is 0 Å². The highest BCUT2D eigenvalue weighted by atomic mass is 16.6. The minimum Gasteiger partial charge on any atom is -0.468 e. The lowest BCUT2D eigenvalue weighted by molar-refractivity contribution is -0.166. The molecular weight excluding hydrogens is 290 g/mol. The highest BCUT2D eigenvalue weighted by molar-refractivity contribution is 6.01. The first-order chi connectivity index (χ1) is 10.2. The number of esters is 1. The van der Waals surface area contributed by atoms with Crippen LogP contribution in [0.2, 0.25) is 0 Å². The third-order valence-corrected chi connectivity index (χ3v) is 4.29. The summed E-state index contributed by atoms with van der Waals surface area (Å²) in [6.45, 7) is 5.12. The molecule has 7 heteroatoms. The van der Waals surface area contributed by atoms with E-state index in [1.54, 1.807) is 32.9 Å². The molecule has 3 aliphatic heterocycles. The van der Waals surface area contributed by atoms with E-state index in [4.69, 9.17) is 14.2 Å². The highest BCUT2D eigenvalue weighted by Crippen LogP contribution is 2.60. The summed E-state index contributed by atoms with van der Waals surface area (Å²) in [6.07, 6.45) is 2.44. The molecular formula is C15H19NO6. The van der Waals surface area contributed by atoms with Crippen LogP contribution in [0.25, 0.3) is 0 Å². The number of likely N-dealkylation sites (tertiary alicyclic amines) is 1. The first-order valence-electron chi connectivity index (χ1n) is 7.17. The standard InChI is InChI=1S/C15H19NO6/c1-13(2,3)22-12(19)16-10(17)8-14(11(18)20-4)7-9-5-6-15(14,16)21-9/h5-6,9H,7-8H2,1-4H3. The van der Waals surface area contributed by atoms with Crippen molar-refractivity contribution >= 4 is 18.0 Å². The number of rotatable bonds is 1. The van der Waals surface area contributed by atoms with Gasteiger partial charge in [-0.3, -0.25) is 9.59 Å². The predicted molar refractivity (Wildman–Crippen MR) is 73.5 cm³/mol. The van der Waals surface area contributed by atoms with Gasteiger partial charge in [-0.15, -0.1) is 0 Å². The van der Waals surface area contributed by atoms with Crippen LogP contribution in [-0.2, 0) is 23.8 Å². The van der Waals surface area contributed by atoms with Crippen molar-refractivity contribution in [1.29, 1.82) is 0 Å². The molecule has 0 aliphatic carbocycles. The van der Waals surface area contributed by atoms with Crippen molar-refractivity contribution in [3.05, 3.63) is 12.2 Å². The van der Waals surface area contributed by atoms with Crippen LogP contribution >= 0.6 is 0 Å². The number of hydrogen-bond donors (Lipinski definition) is 0. The number of carbonyl (C=O) groups is 3. The molecule has 1 spiro atoms. The molecule has 2 saturated heterocycles. The summed E-state index contributed by atoms with van der Waals surface area (Å²) < 4.78 is 16.0. The zero-order valence-corrected chi connectivity index (χ0v) is 13.0. The Morgan fingerprint density at radius 2 is 2.09 bits per heavy atom. The molecule has 2 fully saturated rings. The van der Waals surface area contributed by atoms with Gasteiger partial charge < -0.3 is 14.2 Å². The third-order valence-electron chi connectivity index (χ3n) is 4.29. The predicted octanol–water partition coefficient (Wildman–Crippen LogP) is 1.37. The summed E-state index contributed by atoms with van der Waals surface area (Å²) in [4.78, 5) is 38.2. The van der Waals surface area contributed by atoms with Crippen LogP contribution in [0, 0.1) is 5.41 Å². The molecule has 22 heavy (non-hydrogen) atoms. The summed E-state index contributed by atoms with van der Waals surface area (Å²) >= 11 is 0. The van der Waals surface area contributed by atoms with Gasteiger partial charge in [0.2, 0.25) is 5.91 Å². The zero-order chi connectivity index (χ0) is 16.3. The van der Waals surface area contributed by atoms with Crippen LogP contribution in [0.1, 0.15) is 33.6 Å². The Morgan fingerprint density at radius 3 is 2.64 bits per heavy atom. The molecule has 0 aromatic carbocycles. The normalized spacial score (nSPS) is 35.7. The summed E-state index contributed by atoms with van der Waals surface area (Å²) in [5.74, 6) is -1.04. The first-order valence-corrected chi connectivity index (χ1v) is 7.17. The number of hydrogen-bond acceptors (Lipinski definition) is 6. The molecule has 0 aromatic rings. The maximum atomic E-state index is 12.5. The van der Waals surface area contributed by atoms with Gasteiger partial charge in [-0.1, -0.05) is 6.08 Å². The summed E-state index contributed by atoms with van der Waals surface area (Å²) in [7, 11) is 1.26. The number of fused-ring (bicyclic) bond motifs is 1. The van der Waals surface area contributed by atoms with Crippen molar-refractivity contribution in [2.75, 3.05) is 7.11 Å². The van der Waals surface area contributed by atoms with Gasteiger partial charge in [-0.25, -0.2) is 9.69 Å². The fraction of sp³-hybridized carbons (Fsp3) is 0.667. The lowest BCUT2D eigenvalue weighted by Gasteiger charge is -2.37. The molecule has 3 heterocycles. The van der Waals surface area contributed by atoms with Gasteiger partial charge in [0.25, 0.3) is 0 Å². The van der Waals surface area contributed by atoms with Crippen molar-refractivity contribution in [3.8, 4) is 0 Å². The Balaban J connectivity index is 2.03. The van der Waals surface area contributed by atoms with E-state index >= 15 is 0 Å². The Morgan fingerprint density at radius 1 is 1.41 bits per heavy atom. The van der Waals surface area contributed by atoms with Crippen LogP contribution in [0.15, 0.2) is 12.2 Å². The summed E-state index contributed by atoms with van der Waals surface area (Å²) in [6, 6.07) is 0. The van der Waals surface area contributed by atoms with Gasteiger partial charge in [-0.2, -0.15) is 0 Å².